The number of nitrogens with zero attached hydrogens (tertiary/aromatic N) is 6. The van der Waals surface area contributed by atoms with E-state index in [9.17, 15) is 27.9 Å². The minimum atomic E-state index is -4.62. The first-order valence-electron chi connectivity index (χ1n) is 10.7. The molecule has 0 aliphatic carbocycles. The van der Waals surface area contributed by atoms with Gasteiger partial charge in [0.05, 0.1) is 29.6 Å². The van der Waals surface area contributed by atoms with E-state index in [1.54, 1.807) is 24.6 Å². The highest BCUT2D eigenvalue weighted by atomic mass is 19.4. The summed E-state index contributed by atoms with van der Waals surface area (Å²) in [5.41, 5.74) is -0.564. The van der Waals surface area contributed by atoms with Gasteiger partial charge < -0.3 is 15.0 Å². The van der Waals surface area contributed by atoms with E-state index >= 15 is 0 Å². The van der Waals surface area contributed by atoms with Gasteiger partial charge in [-0.2, -0.15) is 18.3 Å². The second-order valence-electron chi connectivity index (χ2n) is 8.81. The molecule has 2 N–H and O–H groups in total. The van der Waals surface area contributed by atoms with Gasteiger partial charge in [-0.25, -0.2) is 9.97 Å². The maximum absolute atomic E-state index is 13.4. The Morgan fingerprint density at radius 2 is 1.86 bits per heavy atom. The number of hydrogen-bond donors (Lipinski definition) is 2. The zero-order valence-electron chi connectivity index (χ0n) is 19.5. The van der Waals surface area contributed by atoms with Crippen LogP contribution in [0.25, 0.3) is 11.0 Å². The average Bonchev–Trinajstić information content (AvgIpc) is 3.40. The largest absolute Gasteiger partial charge is 0.435 e. The van der Waals surface area contributed by atoms with Crippen LogP contribution in [0, 0.1) is 6.92 Å². The summed E-state index contributed by atoms with van der Waals surface area (Å²) in [6.07, 6.45) is 2.45. The van der Waals surface area contributed by atoms with Gasteiger partial charge in [0.25, 0.3) is 0 Å². The second-order valence-corrected chi connectivity index (χ2v) is 8.81. The monoisotopic (exact) mass is 501 g/mol. The van der Waals surface area contributed by atoms with Crippen LogP contribution in [0.4, 0.5) is 18.9 Å². The third kappa shape index (κ3) is 4.82. The van der Waals surface area contributed by atoms with E-state index in [4.69, 9.17) is 0 Å². The molecule has 13 heteroatoms. The molecule has 4 rings (SSSR count). The quantitative estimate of drug-likeness (QED) is 0.373. The number of nitrogens with one attached hydrogen (secondary N) is 1. The number of carbonyl (C=O) groups excluding carboxylic acids is 2. The van der Waals surface area contributed by atoms with Gasteiger partial charge >= 0.3 is 6.18 Å². The van der Waals surface area contributed by atoms with E-state index in [0.717, 1.165) is 10.7 Å². The number of fused-ring (bicyclic) bond motifs is 1. The summed E-state index contributed by atoms with van der Waals surface area (Å²) < 4.78 is 41.3. The average molecular weight is 501 g/mol. The summed E-state index contributed by atoms with van der Waals surface area (Å²) in [5, 5.41) is 16.2. The third-order valence-corrected chi connectivity index (χ3v) is 5.60. The fourth-order valence-corrected chi connectivity index (χ4v) is 3.62. The number of aromatic nitrogens is 6. The third-order valence-electron chi connectivity index (χ3n) is 5.60. The Labute approximate surface area is 202 Å². The minimum absolute atomic E-state index is 0.159. The van der Waals surface area contributed by atoms with Crippen molar-refractivity contribution in [2.75, 3.05) is 11.9 Å². The summed E-state index contributed by atoms with van der Waals surface area (Å²) in [4.78, 5) is 38.1. The van der Waals surface area contributed by atoms with Crippen LogP contribution < -0.4 is 5.32 Å². The molecule has 0 aliphatic rings. The van der Waals surface area contributed by atoms with E-state index in [1.165, 1.54) is 37.9 Å². The predicted molar refractivity (Wildman–Crippen MR) is 122 cm³/mol. The van der Waals surface area contributed by atoms with E-state index in [0.29, 0.717) is 11.0 Å². The molecular formula is C23H22F3N7O3. The molecule has 0 unspecified atom stereocenters. The number of carbonyl (C=O) groups is 2. The van der Waals surface area contributed by atoms with E-state index in [-0.39, 0.29) is 29.1 Å². The highest BCUT2D eigenvalue weighted by Gasteiger charge is 2.34. The molecule has 0 saturated carbocycles. The number of aryl methyl sites for hydroxylation is 1. The van der Waals surface area contributed by atoms with Gasteiger partial charge in [0.2, 0.25) is 5.91 Å². The van der Waals surface area contributed by atoms with Crippen LogP contribution in [0.3, 0.4) is 0 Å². The molecule has 4 aromatic rings. The number of alkyl halides is 3. The van der Waals surface area contributed by atoms with Gasteiger partial charge in [-0.15, -0.1) is 0 Å². The fourth-order valence-electron chi connectivity index (χ4n) is 3.62. The SMILES string of the molecule is Cc1cc(C(F)(F)F)nn1CC(=O)Nc1cncc(C(=O)c2cn(C(C)(C)CO)c3ncncc23)c1. The van der Waals surface area contributed by atoms with Crippen LogP contribution in [0.5, 0.6) is 0 Å². The number of anilines is 1. The van der Waals surface area contributed by atoms with Crippen molar-refractivity contribution in [2.24, 2.45) is 0 Å². The number of ketones is 1. The van der Waals surface area contributed by atoms with E-state index < -0.39 is 35.6 Å². The summed E-state index contributed by atoms with van der Waals surface area (Å²) in [7, 11) is 0. The lowest BCUT2D eigenvalue weighted by Crippen LogP contribution is -2.30. The smallest absolute Gasteiger partial charge is 0.394 e. The maximum Gasteiger partial charge on any atom is 0.435 e. The molecule has 0 spiro atoms. The van der Waals surface area contributed by atoms with Gasteiger partial charge in [0.15, 0.2) is 11.5 Å². The normalized spacial score (nSPS) is 12.2. The lowest BCUT2D eigenvalue weighted by atomic mass is 10.1. The fraction of sp³-hybridized carbons (Fsp3) is 0.304. The Kier molecular flexibility index (Phi) is 6.35. The molecule has 188 valence electrons. The Balaban J connectivity index is 1.58. The number of hydrogen-bond acceptors (Lipinski definition) is 7. The number of aliphatic hydroxyl groups excluding tert-OH is 1. The molecular weight excluding hydrogens is 479 g/mol. The molecule has 0 saturated heterocycles. The molecule has 0 fully saturated rings. The van der Waals surface area contributed by atoms with Crippen molar-refractivity contribution in [3.8, 4) is 0 Å². The van der Waals surface area contributed by atoms with E-state index in [2.05, 4.69) is 25.4 Å². The van der Waals surface area contributed by atoms with Crippen LogP contribution in [0.2, 0.25) is 0 Å². The molecule has 0 atom stereocenters. The van der Waals surface area contributed by atoms with Gasteiger partial charge in [0, 0.05) is 35.2 Å². The highest BCUT2D eigenvalue weighted by molar-refractivity contribution is 6.16. The zero-order valence-corrected chi connectivity index (χ0v) is 19.5. The zero-order chi connectivity index (χ0) is 26.3. The lowest BCUT2D eigenvalue weighted by Gasteiger charge is -2.24. The Morgan fingerprint density at radius 1 is 1.11 bits per heavy atom. The summed E-state index contributed by atoms with van der Waals surface area (Å²) >= 11 is 0. The molecule has 36 heavy (non-hydrogen) atoms. The van der Waals surface area contributed by atoms with Crippen LogP contribution in [-0.4, -0.2) is 52.7 Å². The predicted octanol–water partition coefficient (Wildman–Crippen LogP) is 2.95. The Bertz CT molecular complexity index is 1460. The van der Waals surface area contributed by atoms with Crippen LogP contribution in [0.15, 0.2) is 43.2 Å². The van der Waals surface area contributed by atoms with Crippen LogP contribution in [0.1, 0.15) is 41.2 Å². The number of aliphatic hydroxyl groups is 1. The maximum atomic E-state index is 13.4. The highest BCUT2D eigenvalue weighted by Crippen LogP contribution is 2.29. The molecule has 4 aromatic heterocycles. The molecule has 0 aromatic carbocycles. The number of halogens is 3. The first-order chi connectivity index (χ1) is 16.9. The second kappa shape index (κ2) is 9.15. The van der Waals surface area contributed by atoms with Crippen LogP contribution in [-0.2, 0) is 23.1 Å². The minimum Gasteiger partial charge on any atom is -0.394 e. The number of rotatable bonds is 7. The van der Waals surface area contributed by atoms with Crippen molar-refractivity contribution >= 4 is 28.4 Å². The van der Waals surface area contributed by atoms with Crippen molar-refractivity contribution in [2.45, 2.75) is 39.0 Å². The molecule has 4 heterocycles. The van der Waals surface area contributed by atoms with Crippen molar-refractivity contribution in [3.05, 3.63) is 65.8 Å². The van der Waals surface area contributed by atoms with Gasteiger partial charge in [-0.1, -0.05) is 0 Å². The van der Waals surface area contributed by atoms with Gasteiger partial charge in [0.1, 0.15) is 18.5 Å². The van der Waals surface area contributed by atoms with Crippen molar-refractivity contribution in [1.29, 1.82) is 0 Å². The van der Waals surface area contributed by atoms with Crippen molar-refractivity contribution < 1.29 is 27.9 Å². The van der Waals surface area contributed by atoms with Crippen LogP contribution >= 0.6 is 0 Å². The topological polar surface area (TPSA) is 128 Å². The number of amides is 1. The number of pyridine rings is 1. The van der Waals surface area contributed by atoms with Crippen molar-refractivity contribution in [3.63, 3.8) is 0 Å². The van der Waals surface area contributed by atoms with Gasteiger partial charge in [-0.3, -0.25) is 19.3 Å². The lowest BCUT2D eigenvalue weighted by molar-refractivity contribution is -0.141. The Hall–Kier alpha value is -4.13. The molecule has 1 amide bonds. The molecule has 0 aliphatic heterocycles. The van der Waals surface area contributed by atoms with E-state index in [1.807, 2.05) is 0 Å². The van der Waals surface area contributed by atoms with Crippen molar-refractivity contribution in [1.82, 2.24) is 29.3 Å². The first kappa shape index (κ1) is 25.0. The first-order valence-corrected chi connectivity index (χ1v) is 10.7. The van der Waals surface area contributed by atoms with Gasteiger partial charge in [-0.05, 0) is 32.9 Å². The summed E-state index contributed by atoms with van der Waals surface area (Å²) in [6, 6.07) is 2.26. The molecule has 10 nitrogen and oxygen atoms in total. The summed E-state index contributed by atoms with van der Waals surface area (Å²) in [5.74, 6) is -1.06. The summed E-state index contributed by atoms with van der Waals surface area (Å²) in [6.45, 7) is 4.34. The Morgan fingerprint density at radius 3 is 2.53 bits per heavy atom. The standard InChI is InChI=1S/C23H22F3N7O3/c1-13-4-18(23(24,25)26)31-33(13)10-19(35)30-15-5-14(6-27-7-15)20(36)17-9-32(22(2,3)11-34)21-16(17)8-28-12-29-21/h4-9,12,34H,10-11H2,1-3H3,(H,30,35). The molecule has 0 bridgehead atoms. The molecule has 0 radical (unpaired) electrons.